The van der Waals surface area contributed by atoms with Gasteiger partial charge in [0.15, 0.2) is 21.4 Å². The summed E-state index contributed by atoms with van der Waals surface area (Å²) >= 11 is 0. The Morgan fingerprint density at radius 1 is 1.24 bits per heavy atom. The van der Waals surface area contributed by atoms with Gasteiger partial charge < -0.3 is 4.74 Å². The number of hydrogen-bond donors (Lipinski definition) is 1. The number of imide groups is 1. The van der Waals surface area contributed by atoms with E-state index in [4.69, 9.17) is 4.74 Å². The number of anilines is 1. The van der Waals surface area contributed by atoms with Crippen LogP contribution >= 0.6 is 0 Å². The monoisotopic (exact) mass is 475 g/mol. The topological polar surface area (TPSA) is 106 Å². The number of urea groups is 1. The Kier molecular flexibility index (Phi) is 6.64. The Bertz CT molecular complexity index is 1170. The maximum Gasteiger partial charge on any atom is 0.330 e. The lowest BCUT2D eigenvalue weighted by Gasteiger charge is -2.15. The predicted octanol–water partition coefficient (Wildman–Crippen LogP) is 2.83. The molecule has 2 aromatic rings. The zero-order valence-electron chi connectivity index (χ0n) is 18.3. The van der Waals surface area contributed by atoms with Gasteiger partial charge in [-0.15, -0.1) is 0 Å². The lowest BCUT2D eigenvalue weighted by Crippen LogP contribution is -2.28. The molecule has 1 aromatic carbocycles. The van der Waals surface area contributed by atoms with Crippen molar-refractivity contribution in [1.29, 1.82) is 0 Å². The molecule has 33 heavy (non-hydrogen) atoms. The van der Waals surface area contributed by atoms with Crippen LogP contribution in [0.15, 0.2) is 36.5 Å². The van der Waals surface area contributed by atoms with Crippen molar-refractivity contribution >= 4 is 27.6 Å². The number of amides is 3. The summed E-state index contributed by atoms with van der Waals surface area (Å²) < 4.78 is 45.1. The molecular formula is C23H26FN3O5S. The summed E-state index contributed by atoms with van der Waals surface area (Å²) in [5.41, 5.74) is 1.41. The minimum Gasteiger partial charge on any atom is -0.490 e. The molecule has 0 unspecified atom stereocenters. The Labute approximate surface area is 192 Å². The lowest BCUT2D eigenvalue weighted by molar-refractivity contribution is -0.117. The van der Waals surface area contributed by atoms with Crippen molar-refractivity contribution in [1.82, 2.24) is 10.3 Å². The number of pyridine rings is 1. The molecule has 1 aliphatic carbocycles. The molecule has 3 amide bonds. The second-order valence-electron chi connectivity index (χ2n) is 8.67. The van der Waals surface area contributed by atoms with Gasteiger partial charge in [0, 0.05) is 6.20 Å². The number of ether oxygens (including phenoxy) is 1. The molecule has 0 spiro atoms. The standard InChI is InChI=1S/C23H26FN3O5S/c1-15(18-4-5-19(24)20(11-18)32-13-17-2-3-17)14-33(30,31)9-7-16-6-8-25-21(10-16)27-12-22(28)26-23(27)29/h4-6,8,10-11,15,17H,2-3,7,9,12-14H2,1H3,(H,26,28,29)/t15-/m0/s1. The maximum atomic E-state index is 14.0. The molecule has 1 aliphatic heterocycles. The first-order chi connectivity index (χ1) is 15.7. The van der Waals surface area contributed by atoms with Crippen LogP contribution in [0.25, 0.3) is 0 Å². The average molecular weight is 476 g/mol. The molecule has 0 radical (unpaired) electrons. The van der Waals surface area contributed by atoms with Crippen LogP contribution in [0.3, 0.4) is 0 Å². The van der Waals surface area contributed by atoms with Crippen LogP contribution in [0.1, 0.15) is 36.8 Å². The number of aryl methyl sites for hydroxylation is 1. The number of halogens is 1. The van der Waals surface area contributed by atoms with Crippen molar-refractivity contribution in [3.63, 3.8) is 0 Å². The average Bonchev–Trinajstić information content (AvgIpc) is 3.53. The first-order valence-corrected chi connectivity index (χ1v) is 12.7. The van der Waals surface area contributed by atoms with Crippen molar-refractivity contribution < 1.29 is 27.1 Å². The summed E-state index contributed by atoms with van der Waals surface area (Å²) in [6, 6.07) is 7.25. The third-order valence-electron chi connectivity index (χ3n) is 5.78. The van der Waals surface area contributed by atoms with Crippen LogP contribution in [0.4, 0.5) is 15.0 Å². The lowest BCUT2D eigenvalue weighted by atomic mass is 10.0. The van der Waals surface area contributed by atoms with Gasteiger partial charge in [-0.1, -0.05) is 13.0 Å². The van der Waals surface area contributed by atoms with Crippen LogP contribution in [0.2, 0.25) is 0 Å². The van der Waals surface area contributed by atoms with Gasteiger partial charge in [0.2, 0.25) is 5.91 Å². The molecule has 1 aromatic heterocycles. The first-order valence-electron chi connectivity index (χ1n) is 10.9. The Morgan fingerprint density at radius 2 is 2.03 bits per heavy atom. The highest BCUT2D eigenvalue weighted by molar-refractivity contribution is 7.91. The van der Waals surface area contributed by atoms with Crippen molar-refractivity contribution in [3.05, 3.63) is 53.5 Å². The minimum atomic E-state index is -3.42. The van der Waals surface area contributed by atoms with E-state index in [1.807, 2.05) is 0 Å². The smallest absolute Gasteiger partial charge is 0.330 e. The third kappa shape index (κ3) is 6.07. The van der Waals surface area contributed by atoms with Gasteiger partial charge in [-0.3, -0.25) is 15.0 Å². The largest absolute Gasteiger partial charge is 0.490 e. The molecule has 1 atom stereocenters. The minimum absolute atomic E-state index is 0.0817. The van der Waals surface area contributed by atoms with Gasteiger partial charge >= 0.3 is 6.03 Å². The first kappa shape index (κ1) is 23.2. The van der Waals surface area contributed by atoms with E-state index in [1.54, 1.807) is 31.2 Å². The molecule has 8 nitrogen and oxygen atoms in total. The highest BCUT2D eigenvalue weighted by Gasteiger charge is 2.29. The van der Waals surface area contributed by atoms with E-state index in [0.717, 1.165) is 12.8 Å². The summed E-state index contributed by atoms with van der Waals surface area (Å²) in [7, 11) is -3.42. The maximum absolute atomic E-state index is 14.0. The van der Waals surface area contributed by atoms with Crippen molar-refractivity contribution in [2.75, 3.05) is 29.6 Å². The number of carbonyl (C=O) groups is 2. The molecule has 1 N–H and O–H groups in total. The quantitative estimate of drug-likeness (QED) is 0.530. The Balaban J connectivity index is 1.36. The molecule has 1 saturated carbocycles. The summed E-state index contributed by atoms with van der Waals surface area (Å²) in [5.74, 6) is -0.406. The van der Waals surface area contributed by atoms with Crippen molar-refractivity contribution in [3.8, 4) is 5.75 Å². The van der Waals surface area contributed by atoms with Crippen LogP contribution in [0.5, 0.6) is 5.75 Å². The van der Waals surface area contributed by atoms with Crippen LogP contribution in [0, 0.1) is 11.7 Å². The number of nitrogens with zero attached hydrogens (tertiary/aromatic N) is 2. The van der Waals surface area contributed by atoms with Crippen molar-refractivity contribution in [2.45, 2.75) is 32.1 Å². The molecule has 176 valence electrons. The summed E-state index contributed by atoms with van der Waals surface area (Å²) in [5, 5.41) is 2.18. The molecular weight excluding hydrogens is 449 g/mol. The number of rotatable bonds is 10. The van der Waals surface area contributed by atoms with E-state index in [0.29, 0.717) is 29.5 Å². The van der Waals surface area contributed by atoms with Gasteiger partial charge in [-0.2, -0.15) is 0 Å². The fourth-order valence-electron chi connectivity index (χ4n) is 3.65. The number of aromatic nitrogens is 1. The third-order valence-corrected chi connectivity index (χ3v) is 7.62. The van der Waals surface area contributed by atoms with Gasteiger partial charge in [-0.25, -0.2) is 22.6 Å². The van der Waals surface area contributed by atoms with Crippen LogP contribution < -0.4 is 15.0 Å². The molecule has 10 heteroatoms. The van der Waals surface area contributed by atoms with E-state index in [1.165, 1.54) is 17.2 Å². The molecule has 0 bridgehead atoms. The van der Waals surface area contributed by atoms with E-state index in [2.05, 4.69) is 10.3 Å². The zero-order valence-corrected chi connectivity index (χ0v) is 19.1. The van der Waals surface area contributed by atoms with Gasteiger partial charge in [0.05, 0.1) is 18.1 Å². The predicted molar refractivity (Wildman–Crippen MR) is 121 cm³/mol. The number of nitrogens with one attached hydrogen (secondary N) is 1. The molecule has 4 rings (SSSR count). The number of hydrogen-bond acceptors (Lipinski definition) is 6. The number of carbonyl (C=O) groups excluding carboxylic acids is 2. The highest BCUT2D eigenvalue weighted by atomic mass is 32.2. The Hall–Kier alpha value is -3.01. The van der Waals surface area contributed by atoms with E-state index in [9.17, 15) is 22.4 Å². The molecule has 1 saturated heterocycles. The van der Waals surface area contributed by atoms with E-state index in [-0.39, 0.29) is 36.1 Å². The van der Waals surface area contributed by atoms with Crippen LogP contribution in [-0.4, -0.2) is 50.0 Å². The Morgan fingerprint density at radius 3 is 2.73 bits per heavy atom. The fraction of sp³-hybridized carbons (Fsp3) is 0.435. The highest BCUT2D eigenvalue weighted by Crippen LogP contribution is 2.31. The van der Waals surface area contributed by atoms with Crippen LogP contribution in [-0.2, 0) is 21.1 Å². The summed E-state index contributed by atoms with van der Waals surface area (Å²) in [4.78, 5) is 28.5. The molecule has 2 fully saturated rings. The van der Waals surface area contributed by atoms with Crippen molar-refractivity contribution in [2.24, 2.45) is 5.92 Å². The van der Waals surface area contributed by atoms with Gasteiger partial charge in [-0.05, 0) is 66.5 Å². The van der Waals surface area contributed by atoms with E-state index < -0.39 is 27.6 Å². The zero-order chi connectivity index (χ0) is 23.6. The van der Waals surface area contributed by atoms with E-state index >= 15 is 0 Å². The SMILES string of the molecule is C[C@@H](CS(=O)(=O)CCc1ccnc(N2CC(=O)NC2=O)c1)c1ccc(F)c(OCC2CC2)c1. The number of sulfone groups is 1. The van der Waals surface area contributed by atoms with Gasteiger partial charge in [0.25, 0.3) is 0 Å². The summed E-state index contributed by atoms with van der Waals surface area (Å²) in [6.45, 7) is 2.16. The number of benzene rings is 1. The summed E-state index contributed by atoms with van der Waals surface area (Å²) in [6.07, 6.45) is 3.92. The molecule has 2 heterocycles. The molecule has 2 aliphatic rings. The normalized spacial score (nSPS) is 17.2. The second-order valence-corrected chi connectivity index (χ2v) is 10.9. The second kappa shape index (κ2) is 9.46. The fourth-order valence-corrected chi connectivity index (χ4v) is 5.32. The van der Waals surface area contributed by atoms with Gasteiger partial charge in [0.1, 0.15) is 12.4 Å².